The average molecular weight is 382 g/mol. The lowest BCUT2D eigenvalue weighted by atomic mass is 9.90. The molecule has 0 spiro atoms. The standard InChI is InChI=1S/C16H19IN2O/c1-16-9-3-2-4-13(16)14(16)15(20)19-18-10-11-5-7-12(17)8-6-11/h5-8,10,13-14H,2-4,9H2,1H3,(H,19,20)/b18-10-/t13-,14-,16+/m1/s1. The summed E-state index contributed by atoms with van der Waals surface area (Å²) < 4.78 is 1.19. The van der Waals surface area contributed by atoms with Gasteiger partial charge in [-0.05, 0) is 64.5 Å². The molecule has 20 heavy (non-hydrogen) atoms. The molecule has 106 valence electrons. The van der Waals surface area contributed by atoms with Crippen molar-refractivity contribution in [3.8, 4) is 0 Å². The zero-order chi connectivity index (χ0) is 14.2. The molecule has 2 saturated carbocycles. The number of rotatable bonds is 3. The Bertz CT molecular complexity index is 540. The largest absolute Gasteiger partial charge is 0.273 e. The summed E-state index contributed by atoms with van der Waals surface area (Å²) in [6.45, 7) is 2.25. The minimum absolute atomic E-state index is 0.0983. The van der Waals surface area contributed by atoms with Gasteiger partial charge in [0, 0.05) is 9.49 Å². The molecule has 1 aromatic rings. The van der Waals surface area contributed by atoms with Crippen LogP contribution >= 0.6 is 22.6 Å². The Hall–Kier alpha value is -0.910. The van der Waals surface area contributed by atoms with E-state index in [2.05, 4.69) is 40.0 Å². The van der Waals surface area contributed by atoms with Crippen molar-refractivity contribution in [3.63, 3.8) is 0 Å². The summed E-state index contributed by atoms with van der Waals surface area (Å²) in [4.78, 5) is 12.2. The van der Waals surface area contributed by atoms with Gasteiger partial charge in [0.25, 0.3) is 0 Å². The molecule has 0 aliphatic heterocycles. The second-order valence-corrected chi connectivity index (χ2v) is 7.37. The van der Waals surface area contributed by atoms with Crippen LogP contribution < -0.4 is 5.43 Å². The van der Waals surface area contributed by atoms with E-state index < -0.39 is 0 Å². The van der Waals surface area contributed by atoms with Crippen molar-refractivity contribution in [1.82, 2.24) is 5.43 Å². The van der Waals surface area contributed by atoms with Gasteiger partial charge < -0.3 is 0 Å². The fourth-order valence-electron chi connectivity index (χ4n) is 3.64. The van der Waals surface area contributed by atoms with Crippen LogP contribution in [0.25, 0.3) is 0 Å². The molecular weight excluding hydrogens is 363 g/mol. The van der Waals surface area contributed by atoms with Crippen LogP contribution in [0.1, 0.15) is 38.2 Å². The van der Waals surface area contributed by atoms with E-state index in [1.807, 2.05) is 24.3 Å². The van der Waals surface area contributed by atoms with Gasteiger partial charge in [0.1, 0.15) is 0 Å². The van der Waals surface area contributed by atoms with E-state index in [4.69, 9.17) is 0 Å². The third-order valence-corrected chi connectivity index (χ3v) is 5.59. The van der Waals surface area contributed by atoms with Gasteiger partial charge in [-0.15, -0.1) is 0 Å². The first-order valence-corrected chi connectivity index (χ1v) is 8.27. The van der Waals surface area contributed by atoms with Gasteiger partial charge in [-0.3, -0.25) is 4.79 Å². The number of nitrogens with one attached hydrogen (secondary N) is 1. The number of hydrogen-bond donors (Lipinski definition) is 1. The number of benzene rings is 1. The van der Waals surface area contributed by atoms with Gasteiger partial charge in [0.2, 0.25) is 5.91 Å². The lowest BCUT2D eigenvalue weighted by Crippen LogP contribution is -2.22. The van der Waals surface area contributed by atoms with Crippen molar-refractivity contribution in [3.05, 3.63) is 33.4 Å². The maximum atomic E-state index is 12.2. The molecule has 0 heterocycles. The Kier molecular flexibility index (Phi) is 3.84. The molecule has 1 N–H and O–H groups in total. The van der Waals surface area contributed by atoms with Crippen LogP contribution in [0.3, 0.4) is 0 Å². The summed E-state index contributed by atoms with van der Waals surface area (Å²) in [6, 6.07) is 8.05. The summed E-state index contributed by atoms with van der Waals surface area (Å²) in [5.74, 6) is 0.866. The van der Waals surface area contributed by atoms with Crippen molar-refractivity contribution in [1.29, 1.82) is 0 Å². The third-order valence-electron chi connectivity index (χ3n) is 4.87. The summed E-state index contributed by atoms with van der Waals surface area (Å²) in [5.41, 5.74) is 3.97. The predicted molar refractivity (Wildman–Crippen MR) is 88.5 cm³/mol. The van der Waals surface area contributed by atoms with Gasteiger partial charge in [0.05, 0.1) is 6.21 Å². The number of carbonyl (C=O) groups excluding carboxylic acids is 1. The predicted octanol–water partition coefficient (Wildman–Crippen LogP) is 3.57. The van der Waals surface area contributed by atoms with Gasteiger partial charge >= 0.3 is 0 Å². The minimum Gasteiger partial charge on any atom is -0.273 e. The van der Waals surface area contributed by atoms with Gasteiger partial charge in [-0.1, -0.05) is 31.9 Å². The van der Waals surface area contributed by atoms with E-state index in [1.54, 1.807) is 6.21 Å². The van der Waals surface area contributed by atoms with E-state index in [1.165, 1.54) is 29.3 Å². The number of nitrogens with zero attached hydrogens (tertiary/aromatic N) is 1. The molecule has 2 aliphatic rings. The van der Waals surface area contributed by atoms with Crippen LogP contribution in [0.15, 0.2) is 29.4 Å². The molecule has 0 unspecified atom stereocenters. The molecular formula is C16H19IN2O. The molecule has 0 radical (unpaired) electrons. The highest BCUT2D eigenvalue weighted by molar-refractivity contribution is 14.1. The van der Waals surface area contributed by atoms with Crippen LogP contribution in [0.4, 0.5) is 0 Å². The number of carbonyl (C=O) groups is 1. The monoisotopic (exact) mass is 382 g/mol. The van der Waals surface area contributed by atoms with E-state index in [0.29, 0.717) is 5.92 Å². The normalized spacial score (nSPS) is 31.9. The van der Waals surface area contributed by atoms with Crippen LogP contribution in [-0.2, 0) is 4.79 Å². The van der Waals surface area contributed by atoms with Crippen molar-refractivity contribution in [2.75, 3.05) is 0 Å². The van der Waals surface area contributed by atoms with E-state index in [0.717, 1.165) is 5.56 Å². The highest BCUT2D eigenvalue weighted by Gasteiger charge is 2.64. The maximum absolute atomic E-state index is 12.2. The zero-order valence-electron chi connectivity index (χ0n) is 11.6. The molecule has 0 saturated heterocycles. The van der Waals surface area contributed by atoms with Gasteiger partial charge in [0.15, 0.2) is 0 Å². The van der Waals surface area contributed by atoms with E-state index in [9.17, 15) is 4.79 Å². The minimum atomic E-state index is 0.0983. The maximum Gasteiger partial charge on any atom is 0.244 e. The molecule has 3 atom stereocenters. The van der Waals surface area contributed by atoms with Crippen LogP contribution in [0.2, 0.25) is 0 Å². The number of hydrogen-bond acceptors (Lipinski definition) is 2. The molecule has 1 aromatic carbocycles. The Morgan fingerprint density at radius 2 is 2.15 bits per heavy atom. The lowest BCUT2D eigenvalue weighted by Gasteiger charge is -2.15. The summed E-state index contributed by atoms with van der Waals surface area (Å²) in [7, 11) is 0. The van der Waals surface area contributed by atoms with Crippen molar-refractivity contribution in [2.45, 2.75) is 32.6 Å². The summed E-state index contributed by atoms with van der Waals surface area (Å²) in [5, 5.41) is 4.09. The average Bonchev–Trinajstić information content (AvgIpc) is 3.06. The second kappa shape index (κ2) is 5.47. The Morgan fingerprint density at radius 3 is 2.80 bits per heavy atom. The van der Waals surface area contributed by atoms with Gasteiger partial charge in [-0.25, -0.2) is 5.43 Å². The first-order chi connectivity index (χ1) is 9.61. The van der Waals surface area contributed by atoms with Crippen LogP contribution in [-0.4, -0.2) is 12.1 Å². The summed E-state index contributed by atoms with van der Waals surface area (Å²) >= 11 is 2.27. The third kappa shape index (κ3) is 2.62. The highest BCUT2D eigenvalue weighted by Crippen LogP contribution is 2.66. The SMILES string of the molecule is C[C@]12CCCC[C@@H]1[C@@H]2C(=O)N/N=C\c1ccc(I)cc1. The molecule has 0 aromatic heterocycles. The number of amides is 1. The molecule has 0 bridgehead atoms. The van der Waals surface area contributed by atoms with E-state index in [-0.39, 0.29) is 17.2 Å². The molecule has 3 rings (SSSR count). The quantitative estimate of drug-likeness (QED) is 0.485. The number of halogens is 1. The van der Waals surface area contributed by atoms with Crippen LogP contribution in [0, 0.1) is 20.8 Å². The first kappa shape index (κ1) is 14.0. The van der Waals surface area contributed by atoms with Crippen molar-refractivity contribution >= 4 is 34.7 Å². The molecule has 4 heteroatoms. The molecule has 2 fully saturated rings. The Balaban J connectivity index is 1.56. The van der Waals surface area contributed by atoms with Crippen molar-refractivity contribution in [2.24, 2.45) is 22.4 Å². The fraction of sp³-hybridized carbons (Fsp3) is 0.500. The molecule has 3 nitrogen and oxygen atoms in total. The van der Waals surface area contributed by atoms with Gasteiger partial charge in [-0.2, -0.15) is 5.10 Å². The topological polar surface area (TPSA) is 41.5 Å². The first-order valence-electron chi connectivity index (χ1n) is 7.20. The lowest BCUT2D eigenvalue weighted by molar-refractivity contribution is -0.123. The van der Waals surface area contributed by atoms with Crippen molar-refractivity contribution < 1.29 is 4.79 Å². The zero-order valence-corrected chi connectivity index (χ0v) is 13.8. The number of hydrazone groups is 1. The second-order valence-electron chi connectivity index (χ2n) is 6.12. The Morgan fingerprint density at radius 1 is 1.40 bits per heavy atom. The van der Waals surface area contributed by atoms with E-state index >= 15 is 0 Å². The smallest absolute Gasteiger partial charge is 0.244 e. The fourth-order valence-corrected chi connectivity index (χ4v) is 4.00. The summed E-state index contributed by atoms with van der Waals surface area (Å²) in [6.07, 6.45) is 6.65. The molecule has 2 aliphatic carbocycles. The van der Waals surface area contributed by atoms with Crippen LogP contribution in [0.5, 0.6) is 0 Å². The Labute approximate surface area is 133 Å². The highest BCUT2D eigenvalue weighted by atomic mass is 127. The molecule has 1 amide bonds. The number of fused-ring (bicyclic) bond motifs is 1.